The van der Waals surface area contributed by atoms with Crippen molar-refractivity contribution in [2.24, 2.45) is 0 Å². The topological polar surface area (TPSA) is 97.5 Å². The molecule has 7 nitrogen and oxygen atoms in total. The number of nitrogens with zero attached hydrogens (tertiary/aromatic N) is 2. The van der Waals surface area contributed by atoms with Crippen LogP contribution in [0.3, 0.4) is 0 Å². The highest BCUT2D eigenvalue weighted by molar-refractivity contribution is 5.92. The van der Waals surface area contributed by atoms with Crippen LogP contribution in [-0.4, -0.2) is 34.1 Å². The first-order valence-corrected chi connectivity index (χ1v) is 5.73. The molecule has 1 aromatic carbocycles. The van der Waals surface area contributed by atoms with Gasteiger partial charge >= 0.3 is 11.6 Å². The molecular formula is C12H14N3O4+. The van der Waals surface area contributed by atoms with E-state index in [0.29, 0.717) is 9.94 Å². The fraction of sp³-hybridized carbons (Fsp3) is 0.250. The highest BCUT2D eigenvalue weighted by atomic mass is 16.5. The number of benzene rings is 1. The molecule has 0 aliphatic heterocycles. The summed E-state index contributed by atoms with van der Waals surface area (Å²) in [6.45, 7) is 1.28. The molecule has 0 saturated carbocycles. The van der Waals surface area contributed by atoms with Gasteiger partial charge in [0, 0.05) is 17.5 Å². The Balaban J connectivity index is 2.68. The Bertz CT molecular complexity index is 693. The fourth-order valence-corrected chi connectivity index (χ4v) is 1.87. The molecule has 3 N–H and O–H groups in total. The van der Waals surface area contributed by atoms with Gasteiger partial charge in [0.2, 0.25) is 0 Å². The van der Waals surface area contributed by atoms with Gasteiger partial charge in [-0.1, -0.05) is 12.1 Å². The Hall–Kier alpha value is -2.41. The quantitative estimate of drug-likeness (QED) is 0.529. The van der Waals surface area contributed by atoms with Gasteiger partial charge in [0.05, 0.1) is 11.0 Å². The van der Waals surface area contributed by atoms with Crippen molar-refractivity contribution in [2.75, 3.05) is 13.2 Å². The highest BCUT2D eigenvalue weighted by Crippen LogP contribution is 2.12. The van der Waals surface area contributed by atoms with E-state index in [9.17, 15) is 14.9 Å². The number of aliphatic hydroxyl groups is 1. The van der Waals surface area contributed by atoms with Crippen LogP contribution in [0.25, 0.3) is 11.0 Å². The van der Waals surface area contributed by atoms with Crippen LogP contribution in [0.1, 0.15) is 16.2 Å². The lowest BCUT2D eigenvalue weighted by Crippen LogP contribution is -2.38. The molecule has 100 valence electrons. The first-order chi connectivity index (χ1) is 9.07. The van der Waals surface area contributed by atoms with E-state index in [-0.39, 0.29) is 30.1 Å². The Morgan fingerprint density at radius 3 is 2.79 bits per heavy atom. The Morgan fingerprint density at radius 2 is 2.11 bits per heavy atom. The Morgan fingerprint density at radius 1 is 1.42 bits per heavy atom. The molecule has 19 heavy (non-hydrogen) atoms. The van der Waals surface area contributed by atoms with Gasteiger partial charge in [0.25, 0.3) is 5.52 Å². The lowest BCUT2D eigenvalue weighted by molar-refractivity contribution is -0.469. The molecular weight excluding hydrogens is 250 g/mol. The Labute approximate surface area is 108 Å². The first kappa shape index (κ1) is 13.0. The van der Waals surface area contributed by atoms with E-state index >= 15 is 0 Å². The van der Waals surface area contributed by atoms with Crippen LogP contribution in [-0.2, 0) is 0 Å². The number of fused-ring (bicyclic) bond motifs is 1. The number of rotatable bonds is 3. The third-order valence-electron chi connectivity index (χ3n) is 2.80. The zero-order chi connectivity index (χ0) is 14.0. The number of carbonyl (C=O) groups excluding carboxylic acids is 1. The highest BCUT2D eigenvalue weighted by Gasteiger charge is 2.28. The Kier molecular flexibility index (Phi) is 3.48. The minimum absolute atomic E-state index is 0.0382. The molecule has 2 rings (SSSR count). The summed E-state index contributed by atoms with van der Waals surface area (Å²) in [5, 5.41) is 21.0. The molecule has 0 spiro atoms. The predicted molar refractivity (Wildman–Crippen MR) is 66.6 cm³/mol. The summed E-state index contributed by atoms with van der Waals surface area (Å²) < 4.78 is 1.28. The number of nitrogens with one attached hydrogen (secondary N) is 1. The summed E-state index contributed by atoms with van der Waals surface area (Å²) in [7, 11) is 0. The number of hydrogen-bond acceptors (Lipinski definition) is 4. The van der Waals surface area contributed by atoms with Crippen molar-refractivity contribution in [3.63, 3.8) is 0 Å². The van der Waals surface area contributed by atoms with Crippen molar-refractivity contribution in [1.29, 1.82) is 0 Å². The van der Waals surface area contributed by atoms with E-state index in [1.54, 1.807) is 18.2 Å². The number of para-hydroxylation sites is 2. The number of hydrogen-bond donors (Lipinski definition) is 3. The molecule has 1 amide bonds. The van der Waals surface area contributed by atoms with E-state index in [1.807, 2.05) is 0 Å². The van der Waals surface area contributed by atoms with Crippen molar-refractivity contribution >= 4 is 16.9 Å². The van der Waals surface area contributed by atoms with E-state index in [1.165, 1.54) is 13.0 Å². The van der Waals surface area contributed by atoms with Crippen molar-refractivity contribution in [3.05, 3.63) is 40.6 Å². The van der Waals surface area contributed by atoms with Crippen LogP contribution >= 0.6 is 0 Å². The fourth-order valence-electron chi connectivity index (χ4n) is 1.87. The van der Waals surface area contributed by atoms with Gasteiger partial charge in [0.1, 0.15) is 5.69 Å². The van der Waals surface area contributed by atoms with Crippen LogP contribution in [0.5, 0.6) is 0 Å². The average Bonchev–Trinajstić information content (AvgIpc) is 2.43. The second-order valence-corrected chi connectivity index (χ2v) is 4.01. The van der Waals surface area contributed by atoms with E-state index < -0.39 is 5.91 Å². The standard InChI is InChI=1S/C12H13N3O4/c1-8-11(12(17)13-6-7-16)15(19)10-5-3-2-4-9(10)14(8)18/h2-5,16,18H,6-7H2,1H3/p+1. The minimum Gasteiger partial charge on any atom is -0.428 e. The predicted octanol–water partition coefficient (Wildman–Crippen LogP) is -0.176. The molecule has 0 atom stereocenters. The van der Waals surface area contributed by atoms with E-state index in [0.717, 1.165) is 4.73 Å². The van der Waals surface area contributed by atoms with Crippen molar-refractivity contribution < 1.29 is 19.5 Å². The van der Waals surface area contributed by atoms with E-state index in [4.69, 9.17) is 5.11 Å². The number of carbonyl (C=O) groups is 1. The van der Waals surface area contributed by atoms with Crippen LogP contribution in [0, 0.1) is 11.8 Å². The third-order valence-corrected chi connectivity index (χ3v) is 2.80. The molecule has 0 bridgehead atoms. The molecule has 0 aliphatic rings. The maximum Gasteiger partial charge on any atom is 0.350 e. The smallest absolute Gasteiger partial charge is 0.350 e. The van der Waals surface area contributed by atoms with Crippen molar-refractivity contribution in [3.8, 4) is 0 Å². The van der Waals surface area contributed by atoms with Gasteiger partial charge in [0.15, 0.2) is 5.52 Å². The third kappa shape index (κ3) is 2.15. The van der Waals surface area contributed by atoms with Gasteiger partial charge < -0.3 is 15.6 Å². The lowest BCUT2D eigenvalue weighted by atomic mass is 10.2. The molecule has 1 aromatic heterocycles. The first-order valence-electron chi connectivity index (χ1n) is 5.73. The number of amides is 1. The summed E-state index contributed by atoms with van der Waals surface area (Å²) in [6.07, 6.45) is 0. The monoisotopic (exact) mass is 264 g/mol. The summed E-state index contributed by atoms with van der Waals surface area (Å²) in [5.41, 5.74) is 0.428. The lowest BCUT2D eigenvalue weighted by Gasteiger charge is -2.06. The second kappa shape index (κ2) is 5.07. The molecule has 0 saturated heterocycles. The maximum atomic E-state index is 12.2. The van der Waals surface area contributed by atoms with Crippen molar-refractivity contribution in [1.82, 2.24) is 10.0 Å². The van der Waals surface area contributed by atoms with Gasteiger partial charge in [-0.2, -0.15) is 4.73 Å². The number of aromatic nitrogens is 2. The molecule has 0 aliphatic carbocycles. The molecule has 1 heterocycles. The zero-order valence-electron chi connectivity index (χ0n) is 10.3. The average molecular weight is 264 g/mol. The van der Waals surface area contributed by atoms with Gasteiger partial charge in [-0.15, -0.1) is 0 Å². The minimum atomic E-state index is -0.643. The van der Waals surface area contributed by atoms with Crippen LogP contribution < -0.4 is 9.74 Å². The second-order valence-electron chi connectivity index (χ2n) is 4.01. The normalized spacial score (nSPS) is 10.6. The largest absolute Gasteiger partial charge is 0.428 e. The SMILES string of the molecule is Cc1c(C(=O)NCCO)[n+](=O)c2ccccc2n1O. The molecule has 2 aromatic rings. The van der Waals surface area contributed by atoms with Crippen LogP contribution in [0.2, 0.25) is 0 Å². The summed E-state index contributed by atoms with van der Waals surface area (Å²) >= 11 is 0. The molecule has 0 unspecified atom stereocenters. The summed E-state index contributed by atoms with van der Waals surface area (Å²) in [4.78, 5) is 24.0. The molecule has 0 radical (unpaired) electrons. The van der Waals surface area contributed by atoms with Crippen LogP contribution in [0.15, 0.2) is 24.3 Å². The maximum absolute atomic E-state index is 12.2. The number of aliphatic hydroxyl groups excluding tert-OH is 1. The summed E-state index contributed by atoms with van der Waals surface area (Å²) in [5.74, 6) is -0.643. The molecule has 0 fully saturated rings. The van der Waals surface area contributed by atoms with Gasteiger partial charge in [-0.3, -0.25) is 4.79 Å². The molecule has 7 heteroatoms. The van der Waals surface area contributed by atoms with Crippen LogP contribution in [0.4, 0.5) is 0 Å². The van der Waals surface area contributed by atoms with Crippen molar-refractivity contribution in [2.45, 2.75) is 6.92 Å². The zero-order valence-corrected chi connectivity index (χ0v) is 10.3. The van der Waals surface area contributed by atoms with E-state index in [2.05, 4.69) is 5.32 Å². The van der Waals surface area contributed by atoms with Gasteiger partial charge in [-0.25, -0.2) is 0 Å². The summed E-state index contributed by atoms with van der Waals surface area (Å²) in [6, 6.07) is 6.41. The van der Waals surface area contributed by atoms with Gasteiger partial charge in [-0.05, 0) is 13.0 Å².